The van der Waals surface area contributed by atoms with Gasteiger partial charge < -0.3 is 10.4 Å². The molecule has 0 aromatic heterocycles. The number of carboxylic acid groups (broad SMARTS) is 1. The summed E-state index contributed by atoms with van der Waals surface area (Å²) >= 11 is 0. The third kappa shape index (κ3) is 3.43. The van der Waals surface area contributed by atoms with Crippen LogP contribution >= 0.6 is 0 Å². The fourth-order valence-electron chi connectivity index (χ4n) is 2.10. The lowest BCUT2D eigenvalue weighted by Gasteiger charge is -2.39. The zero-order chi connectivity index (χ0) is 12.4. The predicted molar refractivity (Wildman–Crippen MR) is 52.2 cm³/mol. The van der Waals surface area contributed by atoms with E-state index in [1.165, 1.54) is 6.92 Å². The topological polar surface area (TPSA) is 66.4 Å². The van der Waals surface area contributed by atoms with Gasteiger partial charge >= 0.3 is 5.97 Å². The molecule has 2 N–H and O–H groups in total. The Kier molecular flexibility index (Phi) is 3.50. The van der Waals surface area contributed by atoms with Crippen molar-refractivity contribution in [2.45, 2.75) is 50.5 Å². The number of carbonyl (C=O) groups is 2. The molecular weight excluding hydrogens is 220 g/mol. The first-order chi connectivity index (χ1) is 7.25. The predicted octanol–water partition coefficient (Wildman–Crippen LogP) is 1.55. The van der Waals surface area contributed by atoms with Gasteiger partial charge in [-0.3, -0.25) is 9.59 Å². The quantitative estimate of drug-likeness (QED) is 0.779. The van der Waals surface area contributed by atoms with Gasteiger partial charge in [0.15, 0.2) is 0 Å². The second-order valence-corrected chi connectivity index (χ2v) is 4.39. The van der Waals surface area contributed by atoms with Gasteiger partial charge in [0.2, 0.25) is 11.8 Å². The zero-order valence-electron chi connectivity index (χ0n) is 9.06. The van der Waals surface area contributed by atoms with Gasteiger partial charge in [0.1, 0.15) is 0 Å². The lowest BCUT2D eigenvalue weighted by Crippen LogP contribution is -2.53. The van der Waals surface area contributed by atoms with E-state index in [0.717, 1.165) is 0 Å². The maximum absolute atomic E-state index is 13.0. The molecule has 0 radical (unpaired) electrons. The summed E-state index contributed by atoms with van der Waals surface area (Å²) in [6.45, 7) is 1.26. The van der Waals surface area contributed by atoms with E-state index in [9.17, 15) is 18.4 Å². The Labute approximate surface area is 92.0 Å². The minimum Gasteiger partial charge on any atom is -0.481 e. The van der Waals surface area contributed by atoms with Crippen molar-refractivity contribution in [2.75, 3.05) is 0 Å². The largest absolute Gasteiger partial charge is 0.481 e. The Balaban J connectivity index is 2.73. The minimum absolute atomic E-state index is 0.00583. The average molecular weight is 235 g/mol. The van der Waals surface area contributed by atoms with Crippen LogP contribution in [0.3, 0.4) is 0 Å². The molecule has 1 fully saturated rings. The van der Waals surface area contributed by atoms with Crippen LogP contribution in [-0.2, 0) is 9.59 Å². The standard InChI is InChI=1S/C10H15F2NO3/c1-7(14)13-9(6-8(15)16)2-4-10(11,12)5-3-9/h2-6H2,1H3,(H,13,14)(H,15,16). The number of carbonyl (C=O) groups excluding carboxylic acids is 1. The van der Waals surface area contributed by atoms with Gasteiger partial charge in [-0.25, -0.2) is 8.78 Å². The van der Waals surface area contributed by atoms with Gasteiger partial charge in [0.05, 0.1) is 12.0 Å². The lowest BCUT2D eigenvalue weighted by molar-refractivity contribution is -0.141. The molecule has 1 rings (SSSR count). The molecule has 0 unspecified atom stereocenters. The van der Waals surface area contributed by atoms with Crippen LogP contribution in [0.1, 0.15) is 39.0 Å². The maximum atomic E-state index is 13.0. The molecule has 0 heterocycles. The summed E-state index contributed by atoms with van der Waals surface area (Å²) in [6.07, 6.45) is -1.04. The van der Waals surface area contributed by atoms with Gasteiger partial charge in [-0.1, -0.05) is 0 Å². The van der Waals surface area contributed by atoms with Crippen molar-refractivity contribution in [1.29, 1.82) is 0 Å². The molecular formula is C10H15F2NO3. The summed E-state index contributed by atoms with van der Waals surface area (Å²) in [7, 11) is 0. The molecule has 0 spiro atoms. The Morgan fingerprint density at radius 3 is 2.12 bits per heavy atom. The Morgan fingerprint density at radius 1 is 1.25 bits per heavy atom. The van der Waals surface area contributed by atoms with Crippen LogP contribution in [0.15, 0.2) is 0 Å². The van der Waals surface area contributed by atoms with Gasteiger partial charge in [0, 0.05) is 19.8 Å². The number of hydrogen-bond acceptors (Lipinski definition) is 2. The van der Waals surface area contributed by atoms with Gasteiger partial charge in [-0.15, -0.1) is 0 Å². The van der Waals surface area contributed by atoms with Crippen LogP contribution in [-0.4, -0.2) is 28.4 Å². The SMILES string of the molecule is CC(=O)NC1(CC(=O)O)CCC(F)(F)CC1. The van der Waals surface area contributed by atoms with E-state index in [2.05, 4.69) is 5.32 Å². The average Bonchev–Trinajstić information content (AvgIpc) is 2.09. The molecule has 1 amide bonds. The van der Waals surface area contributed by atoms with E-state index < -0.39 is 17.4 Å². The van der Waals surface area contributed by atoms with Crippen LogP contribution in [0.4, 0.5) is 8.78 Å². The number of halogens is 2. The molecule has 6 heteroatoms. The fraction of sp³-hybridized carbons (Fsp3) is 0.800. The molecule has 4 nitrogen and oxygen atoms in total. The summed E-state index contributed by atoms with van der Waals surface area (Å²) in [6, 6.07) is 0. The van der Waals surface area contributed by atoms with Crippen molar-refractivity contribution in [3.8, 4) is 0 Å². The first kappa shape index (κ1) is 12.9. The normalized spacial score (nSPS) is 22.4. The monoisotopic (exact) mass is 235 g/mol. The van der Waals surface area contributed by atoms with Crippen molar-refractivity contribution >= 4 is 11.9 Å². The molecule has 0 aliphatic heterocycles. The van der Waals surface area contributed by atoms with Crippen LogP contribution in [0.5, 0.6) is 0 Å². The van der Waals surface area contributed by atoms with Crippen LogP contribution in [0.25, 0.3) is 0 Å². The molecule has 1 aliphatic rings. The molecule has 0 bridgehead atoms. The van der Waals surface area contributed by atoms with E-state index >= 15 is 0 Å². The number of carboxylic acids is 1. The molecule has 0 atom stereocenters. The van der Waals surface area contributed by atoms with Crippen LogP contribution in [0, 0.1) is 0 Å². The molecule has 16 heavy (non-hydrogen) atoms. The highest BCUT2D eigenvalue weighted by Crippen LogP contribution is 2.40. The van der Waals surface area contributed by atoms with Crippen molar-refractivity contribution in [3.05, 3.63) is 0 Å². The lowest BCUT2D eigenvalue weighted by atomic mass is 9.77. The minimum atomic E-state index is -2.74. The second kappa shape index (κ2) is 4.35. The number of nitrogens with one attached hydrogen (secondary N) is 1. The first-order valence-corrected chi connectivity index (χ1v) is 5.13. The molecule has 0 aromatic carbocycles. The molecule has 1 saturated carbocycles. The first-order valence-electron chi connectivity index (χ1n) is 5.13. The summed E-state index contributed by atoms with van der Waals surface area (Å²) < 4.78 is 25.9. The third-order valence-electron chi connectivity index (χ3n) is 2.87. The van der Waals surface area contributed by atoms with Gasteiger partial charge in [0.25, 0.3) is 0 Å². The second-order valence-electron chi connectivity index (χ2n) is 4.39. The molecule has 1 aliphatic carbocycles. The maximum Gasteiger partial charge on any atom is 0.305 e. The summed E-state index contributed by atoms with van der Waals surface area (Å²) in [5.74, 6) is -4.20. The highest BCUT2D eigenvalue weighted by atomic mass is 19.3. The Bertz CT molecular complexity index is 276. The Hall–Kier alpha value is -1.20. The van der Waals surface area contributed by atoms with E-state index in [1.54, 1.807) is 0 Å². The van der Waals surface area contributed by atoms with E-state index in [4.69, 9.17) is 5.11 Å². The van der Waals surface area contributed by atoms with Crippen molar-refractivity contribution in [1.82, 2.24) is 5.32 Å². The van der Waals surface area contributed by atoms with E-state index in [1.807, 2.05) is 0 Å². The van der Waals surface area contributed by atoms with E-state index in [0.29, 0.717) is 0 Å². The van der Waals surface area contributed by atoms with Crippen LogP contribution in [0.2, 0.25) is 0 Å². The van der Waals surface area contributed by atoms with Crippen molar-refractivity contribution < 1.29 is 23.5 Å². The number of amides is 1. The van der Waals surface area contributed by atoms with E-state index in [-0.39, 0.29) is 38.0 Å². The zero-order valence-corrected chi connectivity index (χ0v) is 9.06. The molecule has 0 aromatic rings. The number of rotatable bonds is 3. The third-order valence-corrected chi connectivity index (χ3v) is 2.87. The summed E-state index contributed by atoms with van der Waals surface area (Å²) in [5.41, 5.74) is -1.00. The number of aliphatic carboxylic acids is 1. The highest BCUT2D eigenvalue weighted by molar-refractivity contribution is 5.76. The fourth-order valence-corrected chi connectivity index (χ4v) is 2.10. The molecule has 0 saturated heterocycles. The summed E-state index contributed by atoms with van der Waals surface area (Å²) in [4.78, 5) is 21.6. The van der Waals surface area contributed by atoms with Gasteiger partial charge in [-0.2, -0.15) is 0 Å². The Morgan fingerprint density at radius 2 is 1.75 bits per heavy atom. The van der Waals surface area contributed by atoms with Crippen molar-refractivity contribution in [3.63, 3.8) is 0 Å². The van der Waals surface area contributed by atoms with Gasteiger partial charge in [-0.05, 0) is 12.8 Å². The molecule has 92 valence electrons. The van der Waals surface area contributed by atoms with Crippen molar-refractivity contribution in [2.24, 2.45) is 0 Å². The summed E-state index contributed by atoms with van der Waals surface area (Å²) in [5, 5.41) is 11.2. The van der Waals surface area contributed by atoms with Crippen LogP contribution < -0.4 is 5.32 Å². The highest BCUT2D eigenvalue weighted by Gasteiger charge is 2.44. The smallest absolute Gasteiger partial charge is 0.305 e. The number of alkyl halides is 2. The number of hydrogen-bond donors (Lipinski definition) is 2.